The lowest BCUT2D eigenvalue weighted by atomic mass is 10.2. The molecule has 1 atom stereocenters. The number of ether oxygens (including phenoxy) is 4. The molecule has 0 bridgehead atoms. The van der Waals surface area contributed by atoms with Crippen LogP contribution in [-0.4, -0.2) is 58.2 Å². The molecule has 31 heavy (non-hydrogen) atoms. The summed E-state index contributed by atoms with van der Waals surface area (Å²) in [4.78, 5) is 4.55. The molecular weight excluding hydrogens is 523 g/mol. The van der Waals surface area contributed by atoms with Gasteiger partial charge in [0.1, 0.15) is 0 Å². The predicted molar refractivity (Wildman–Crippen MR) is 127 cm³/mol. The zero-order valence-corrected chi connectivity index (χ0v) is 20.5. The Morgan fingerprint density at radius 3 is 2.77 bits per heavy atom. The minimum Gasteiger partial charge on any atom is -0.490 e. The van der Waals surface area contributed by atoms with Gasteiger partial charge in [0.05, 0.1) is 25.9 Å². The van der Waals surface area contributed by atoms with Gasteiger partial charge in [0.2, 0.25) is 0 Å². The van der Waals surface area contributed by atoms with Crippen LogP contribution in [0.1, 0.15) is 38.7 Å². The van der Waals surface area contributed by atoms with Crippen LogP contribution in [0, 0.1) is 0 Å². The van der Waals surface area contributed by atoms with Crippen LogP contribution < -0.4 is 20.1 Å². The van der Waals surface area contributed by atoms with Crippen molar-refractivity contribution in [1.82, 2.24) is 10.6 Å². The second-order valence-corrected chi connectivity index (χ2v) is 6.78. The van der Waals surface area contributed by atoms with Crippen LogP contribution >= 0.6 is 24.0 Å². The van der Waals surface area contributed by atoms with E-state index in [0.717, 1.165) is 44.5 Å². The average molecular weight is 557 g/mol. The lowest BCUT2D eigenvalue weighted by molar-refractivity contribution is -0.0514. The van der Waals surface area contributed by atoms with E-state index in [0.29, 0.717) is 32.3 Å². The fourth-order valence-corrected chi connectivity index (χ4v) is 3.00. The molecule has 7 nitrogen and oxygen atoms in total. The normalized spacial score (nSPS) is 16.2. The molecule has 10 heteroatoms. The van der Waals surface area contributed by atoms with Crippen LogP contribution in [-0.2, 0) is 16.0 Å². The third-order valence-corrected chi connectivity index (χ3v) is 4.37. The molecule has 1 aromatic rings. The third-order valence-electron chi connectivity index (χ3n) is 4.37. The van der Waals surface area contributed by atoms with Crippen molar-refractivity contribution in [2.45, 2.75) is 52.4 Å². The van der Waals surface area contributed by atoms with Crippen molar-refractivity contribution in [3.8, 4) is 11.5 Å². The summed E-state index contributed by atoms with van der Waals surface area (Å²) in [5.41, 5.74) is 0.831. The standard InChI is InChI=1S/C21H33F2N3O4.HI/c1-3-24-21(25-10-6-11-27-15-17-7-5-12-29-17)26-14-16-8-9-18(30-20(22)23)19(13-16)28-4-2;/h8-9,13,17,20H,3-7,10-12,14-15H2,1-2H3,(H2,24,25,26);1H. The Bertz CT molecular complexity index is 647. The summed E-state index contributed by atoms with van der Waals surface area (Å²) >= 11 is 0. The van der Waals surface area contributed by atoms with Crippen molar-refractivity contribution in [2.75, 3.05) is 39.5 Å². The molecule has 2 rings (SSSR count). The van der Waals surface area contributed by atoms with E-state index in [1.807, 2.05) is 6.92 Å². The number of alkyl halides is 2. The van der Waals surface area contributed by atoms with Crippen LogP contribution in [0.25, 0.3) is 0 Å². The van der Waals surface area contributed by atoms with Crippen LogP contribution in [0.3, 0.4) is 0 Å². The quantitative estimate of drug-likeness (QED) is 0.166. The van der Waals surface area contributed by atoms with Crippen molar-refractivity contribution in [3.05, 3.63) is 23.8 Å². The molecule has 0 spiro atoms. The van der Waals surface area contributed by atoms with E-state index in [1.165, 1.54) is 6.07 Å². The highest BCUT2D eigenvalue weighted by Crippen LogP contribution is 2.30. The van der Waals surface area contributed by atoms with E-state index in [4.69, 9.17) is 14.2 Å². The van der Waals surface area contributed by atoms with Gasteiger partial charge >= 0.3 is 6.61 Å². The second-order valence-electron chi connectivity index (χ2n) is 6.78. The fourth-order valence-electron chi connectivity index (χ4n) is 3.00. The minimum atomic E-state index is -2.90. The molecule has 1 aliphatic rings. The molecule has 0 radical (unpaired) electrons. The number of hydrogen-bond acceptors (Lipinski definition) is 5. The monoisotopic (exact) mass is 557 g/mol. The van der Waals surface area contributed by atoms with Gasteiger partial charge in [0, 0.05) is 26.3 Å². The molecule has 0 aliphatic carbocycles. The molecule has 1 unspecified atom stereocenters. The first-order chi connectivity index (χ1) is 14.6. The maximum atomic E-state index is 12.5. The Morgan fingerprint density at radius 1 is 1.26 bits per heavy atom. The Morgan fingerprint density at radius 2 is 2.10 bits per heavy atom. The Hall–Kier alpha value is -1.40. The molecule has 1 saturated heterocycles. The van der Waals surface area contributed by atoms with Crippen molar-refractivity contribution in [1.29, 1.82) is 0 Å². The van der Waals surface area contributed by atoms with Crippen molar-refractivity contribution >= 4 is 29.9 Å². The van der Waals surface area contributed by atoms with Gasteiger partial charge in [-0.05, 0) is 50.8 Å². The van der Waals surface area contributed by atoms with E-state index >= 15 is 0 Å². The number of hydrogen-bond donors (Lipinski definition) is 2. The topological polar surface area (TPSA) is 73.3 Å². The summed E-state index contributed by atoms with van der Waals surface area (Å²) in [5, 5.41) is 6.46. The van der Waals surface area contributed by atoms with Gasteiger partial charge < -0.3 is 29.6 Å². The molecule has 0 aromatic heterocycles. The Labute approximate surface area is 200 Å². The summed E-state index contributed by atoms with van der Waals surface area (Å²) in [6.07, 6.45) is 3.29. The SMILES string of the molecule is CCNC(=NCc1ccc(OC(F)F)c(OCC)c1)NCCCOCC1CCCO1.I. The van der Waals surface area contributed by atoms with Crippen molar-refractivity contribution in [2.24, 2.45) is 4.99 Å². The summed E-state index contributed by atoms with van der Waals surface area (Å²) in [6, 6.07) is 4.85. The largest absolute Gasteiger partial charge is 0.490 e. The number of rotatable bonds is 13. The third kappa shape index (κ3) is 11.2. The zero-order chi connectivity index (χ0) is 21.6. The van der Waals surface area contributed by atoms with Gasteiger partial charge in [0.15, 0.2) is 17.5 Å². The second kappa shape index (κ2) is 16.3. The maximum Gasteiger partial charge on any atom is 0.387 e. The molecule has 1 aromatic carbocycles. The maximum absolute atomic E-state index is 12.5. The molecule has 1 aliphatic heterocycles. The van der Waals surface area contributed by atoms with Gasteiger partial charge in [-0.15, -0.1) is 24.0 Å². The number of benzene rings is 1. The van der Waals surface area contributed by atoms with Crippen LogP contribution in [0.15, 0.2) is 23.2 Å². The van der Waals surface area contributed by atoms with Gasteiger partial charge in [-0.3, -0.25) is 0 Å². The van der Waals surface area contributed by atoms with Crippen LogP contribution in [0.5, 0.6) is 11.5 Å². The first-order valence-electron chi connectivity index (χ1n) is 10.5. The molecule has 2 N–H and O–H groups in total. The number of halogens is 3. The summed E-state index contributed by atoms with van der Waals surface area (Å²) in [7, 11) is 0. The van der Waals surface area contributed by atoms with Gasteiger partial charge in [-0.1, -0.05) is 6.07 Å². The molecule has 1 fully saturated rings. The first kappa shape index (κ1) is 27.6. The van der Waals surface area contributed by atoms with Gasteiger partial charge in [0.25, 0.3) is 0 Å². The van der Waals surface area contributed by atoms with E-state index in [1.54, 1.807) is 19.1 Å². The molecule has 0 amide bonds. The van der Waals surface area contributed by atoms with Gasteiger partial charge in [-0.2, -0.15) is 8.78 Å². The van der Waals surface area contributed by atoms with Crippen molar-refractivity contribution in [3.63, 3.8) is 0 Å². The fraction of sp³-hybridized carbons (Fsp3) is 0.667. The van der Waals surface area contributed by atoms with E-state index < -0.39 is 6.61 Å². The minimum absolute atomic E-state index is 0. The molecule has 178 valence electrons. The predicted octanol–water partition coefficient (Wildman–Crippen LogP) is 3.95. The first-order valence-corrected chi connectivity index (χ1v) is 10.5. The summed E-state index contributed by atoms with van der Waals surface area (Å²) in [5.74, 6) is 0.988. The number of nitrogens with zero attached hydrogens (tertiary/aromatic N) is 1. The molecule has 0 saturated carbocycles. The molecular formula is C21H34F2IN3O4. The van der Waals surface area contributed by atoms with E-state index in [9.17, 15) is 8.78 Å². The smallest absolute Gasteiger partial charge is 0.387 e. The lowest BCUT2D eigenvalue weighted by Crippen LogP contribution is -2.38. The average Bonchev–Trinajstić information content (AvgIpc) is 3.23. The number of guanidine groups is 1. The zero-order valence-electron chi connectivity index (χ0n) is 18.2. The highest BCUT2D eigenvalue weighted by atomic mass is 127. The van der Waals surface area contributed by atoms with E-state index in [-0.39, 0.29) is 41.6 Å². The summed E-state index contributed by atoms with van der Waals surface area (Å²) in [6.45, 7) is 5.22. The highest BCUT2D eigenvalue weighted by Gasteiger charge is 2.15. The number of nitrogens with one attached hydrogen (secondary N) is 2. The van der Waals surface area contributed by atoms with Crippen LogP contribution in [0.2, 0.25) is 0 Å². The lowest BCUT2D eigenvalue weighted by Gasteiger charge is -2.14. The Balaban J connectivity index is 0.00000480. The van der Waals surface area contributed by atoms with E-state index in [2.05, 4.69) is 20.4 Å². The number of aliphatic imine (C=N–C) groups is 1. The molecule has 1 heterocycles. The van der Waals surface area contributed by atoms with Gasteiger partial charge in [-0.25, -0.2) is 4.99 Å². The Kier molecular flexibility index (Phi) is 14.5. The highest BCUT2D eigenvalue weighted by molar-refractivity contribution is 14.0. The van der Waals surface area contributed by atoms with Crippen molar-refractivity contribution < 1.29 is 27.7 Å². The summed E-state index contributed by atoms with van der Waals surface area (Å²) < 4.78 is 46.1. The van der Waals surface area contributed by atoms with Crippen LogP contribution in [0.4, 0.5) is 8.78 Å².